The third-order valence-electron chi connectivity index (χ3n) is 4.63. The minimum atomic E-state index is 0.601. The Balaban J connectivity index is 1.65. The molecule has 0 aliphatic heterocycles. The summed E-state index contributed by atoms with van der Waals surface area (Å²) in [6, 6.07) is 24.9. The molecule has 4 rings (SSSR count). The van der Waals surface area contributed by atoms with E-state index in [0.29, 0.717) is 6.61 Å². The van der Waals surface area contributed by atoms with Gasteiger partial charge in [0.2, 0.25) is 0 Å². The Labute approximate surface area is 153 Å². The molecule has 0 bridgehead atoms. The lowest BCUT2D eigenvalue weighted by molar-refractivity contribution is 0.299. The van der Waals surface area contributed by atoms with Crippen LogP contribution in [0.25, 0.3) is 22.4 Å². The Bertz CT molecular complexity index is 1030. The lowest BCUT2D eigenvalue weighted by Crippen LogP contribution is -2.10. The van der Waals surface area contributed by atoms with Crippen molar-refractivity contribution >= 4 is 11.0 Å². The number of rotatable bonds is 5. The molecule has 3 nitrogen and oxygen atoms in total. The van der Waals surface area contributed by atoms with Crippen LogP contribution in [-0.4, -0.2) is 16.2 Å². The molecule has 0 amide bonds. The highest BCUT2D eigenvalue weighted by Gasteiger charge is 2.12. The van der Waals surface area contributed by atoms with Crippen molar-refractivity contribution in [3.8, 4) is 17.1 Å². The number of fused-ring (bicyclic) bond motifs is 1. The zero-order valence-corrected chi connectivity index (χ0v) is 15.1. The first-order valence-corrected chi connectivity index (χ1v) is 8.93. The number of para-hydroxylation sites is 3. The third-order valence-corrected chi connectivity index (χ3v) is 4.63. The molecular weight excluding hydrogens is 320 g/mol. The maximum absolute atomic E-state index is 6.02. The van der Waals surface area contributed by atoms with Crippen molar-refractivity contribution in [2.75, 3.05) is 6.61 Å². The summed E-state index contributed by atoms with van der Waals surface area (Å²) in [6.07, 6.45) is 0. The van der Waals surface area contributed by atoms with E-state index in [4.69, 9.17) is 9.72 Å². The SMILES string of the molecule is Cc1ccc(-c2nc3ccccc3n2CCOc2ccccc2C)cc1. The molecule has 4 aromatic rings. The van der Waals surface area contributed by atoms with Gasteiger partial charge in [-0.05, 0) is 37.6 Å². The van der Waals surface area contributed by atoms with E-state index >= 15 is 0 Å². The van der Waals surface area contributed by atoms with Gasteiger partial charge in [-0.1, -0.05) is 60.2 Å². The van der Waals surface area contributed by atoms with Crippen molar-refractivity contribution in [2.24, 2.45) is 0 Å². The van der Waals surface area contributed by atoms with Gasteiger partial charge in [-0.3, -0.25) is 0 Å². The van der Waals surface area contributed by atoms with Gasteiger partial charge in [0.05, 0.1) is 17.6 Å². The summed E-state index contributed by atoms with van der Waals surface area (Å²) in [6.45, 7) is 5.52. The van der Waals surface area contributed by atoms with Gasteiger partial charge in [0, 0.05) is 5.56 Å². The zero-order valence-electron chi connectivity index (χ0n) is 15.1. The van der Waals surface area contributed by atoms with Crippen LogP contribution in [0.5, 0.6) is 5.75 Å². The molecule has 0 saturated heterocycles. The first-order chi connectivity index (χ1) is 12.7. The van der Waals surface area contributed by atoms with Crippen molar-refractivity contribution in [2.45, 2.75) is 20.4 Å². The molecule has 0 radical (unpaired) electrons. The van der Waals surface area contributed by atoms with E-state index in [2.05, 4.69) is 66.9 Å². The van der Waals surface area contributed by atoms with Gasteiger partial charge in [-0.2, -0.15) is 0 Å². The second-order valence-corrected chi connectivity index (χ2v) is 6.56. The molecule has 0 aliphatic rings. The molecule has 0 atom stereocenters. The smallest absolute Gasteiger partial charge is 0.141 e. The number of hydrogen-bond donors (Lipinski definition) is 0. The van der Waals surface area contributed by atoms with E-state index in [9.17, 15) is 0 Å². The highest BCUT2D eigenvalue weighted by molar-refractivity contribution is 5.80. The number of imidazole rings is 1. The molecule has 26 heavy (non-hydrogen) atoms. The first kappa shape index (κ1) is 16.4. The number of aromatic nitrogens is 2. The molecule has 1 aromatic heterocycles. The van der Waals surface area contributed by atoms with E-state index in [1.165, 1.54) is 5.56 Å². The fraction of sp³-hybridized carbons (Fsp3) is 0.174. The molecule has 0 spiro atoms. The number of benzene rings is 3. The van der Waals surface area contributed by atoms with Gasteiger partial charge >= 0.3 is 0 Å². The monoisotopic (exact) mass is 342 g/mol. The quantitative estimate of drug-likeness (QED) is 0.485. The fourth-order valence-corrected chi connectivity index (χ4v) is 3.19. The summed E-state index contributed by atoms with van der Waals surface area (Å²) in [5.74, 6) is 1.92. The molecular formula is C23H22N2O. The maximum atomic E-state index is 6.02. The Morgan fingerprint density at radius 3 is 2.38 bits per heavy atom. The summed E-state index contributed by atoms with van der Waals surface area (Å²) < 4.78 is 8.27. The molecule has 3 aromatic carbocycles. The summed E-state index contributed by atoms with van der Waals surface area (Å²) >= 11 is 0. The Morgan fingerprint density at radius 1 is 0.846 bits per heavy atom. The van der Waals surface area contributed by atoms with Crippen molar-refractivity contribution in [1.82, 2.24) is 9.55 Å². The second kappa shape index (κ2) is 7.04. The van der Waals surface area contributed by atoms with Gasteiger partial charge in [0.1, 0.15) is 18.2 Å². The van der Waals surface area contributed by atoms with Crippen molar-refractivity contribution < 1.29 is 4.74 Å². The average molecular weight is 342 g/mol. The van der Waals surface area contributed by atoms with Crippen LogP contribution < -0.4 is 4.74 Å². The van der Waals surface area contributed by atoms with Gasteiger partial charge < -0.3 is 9.30 Å². The average Bonchev–Trinajstić information content (AvgIpc) is 3.03. The summed E-state index contributed by atoms with van der Waals surface area (Å²) in [4.78, 5) is 4.86. The highest BCUT2D eigenvalue weighted by Crippen LogP contribution is 2.25. The predicted octanol–water partition coefficient (Wildman–Crippen LogP) is 5.40. The Hall–Kier alpha value is -3.07. The summed E-state index contributed by atoms with van der Waals surface area (Å²) in [5.41, 5.74) is 5.68. The minimum Gasteiger partial charge on any atom is -0.491 e. The molecule has 0 N–H and O–H groups in total. The molecule has 0 aliphatic carbocycles. The van der Waals surface area contributed by atoms with Crippen molar-refractivity contribution in [1.29, 1.82) is 0 Å². The summed E-state index contributed by atoms with van der Waals surface area (Å²) in [7, 11) is 0. The van der Waals surface area contributed by atoms with Crippen LogP contribution in [0.1, 0.15) is 11.1 Å². The molecule has 0 fully saturated rings. The van der Waals surface area contributed by atoms with Crippen LogP contribution in [0, 0.1) is 13.8 Å². The minimum absolute atomic E-state index is 0.601. The number of aryl methyl sites for hydroxylation is 2. The van der Waals surface area contributed by atoms with Crippen LogP contribution in [0.3, 0.4) is 0 Å². The standard InChI is InChI=1S/C23H22N2O/c1-17-11-13-19(14-12-17)23-24-20-8-4-5-9-21(20)25(23)15-16-26-22-10-6-3-7-18(22)2/h3-14H,15-16H2,1-2H3. The van der Waals surface area contributed by atoms with E-state index in [0.717, 1.165) is 40.3 Å². The second-order valence-electron chi connectivity index (χ2n) is 6.56. The number of nitrogens with zero attached hydrogens (tertiary/aromatic N) is 2. The van der Waals surface area contributed by atoms with Gasteiger partial charge in [0.25, 0.3) is 0 Å². The molecule has 0 unspecified atom stereocenters. The largest absolute Gasteiger partial charge is 0.491 e. The number of ether oxygens (including phenoxy) is 1. The Morgan fingerprint density at radius 2 is 1.58 bits per heavy atom. The van der Waals surface area contributed by atoms with Crippen LogP contribution >= 0.6 is 0 Å². The fourth-order valence-electron chi connectivity index (χ4n) is 3.19. The van der Waals surface area contributed by atoms with Gasteiger partial charge in [-0.15, -0.1) is 0 Å². The maximum Gasteiger partial charge on any atom is 0.141 e. The van der Waals surface area contributed by atoms with Crippen molar-refractivity contribution in [3.05, 3.63) is 83.9 Å². The molecule has 0 saturated carbocycles. The van der Waals surface area contributed by atoms with Crippen molar-refractivity contribution in [3.63, 3.8) is 0 Å². The number of hydrogen-bond acceptors (Lipinski definition) is 2. The molecule has 1 heterocycles. The third kappa shape index (κ3) is 3.21. The Kier molecular flexibility index (Phi) is 4.44. The lowest BCUT2D eigenvalue weighted by atomic mass is 10.1. The van der Waals surface area contributed by atoms with E-state index in [1.807, 2.05) is 24.3 Å². The van der Waals surface area contributed by atoms with E-state index < -0.39 is 0 Å². The topological polar surface area (TPSA) is 27.1 Å². The highest BCUT2D eigenvalue weighted by atomic mass is 16.5. The van der Waals surface area contributed by atoms with Gasteiger partial charge in [-0.25, -0.2) is 4.98 Å². The van der Waals surface area contributed by atoms with Crippen LogP contribution in [-0.2, 0) is 6.54 Å². The van der Waals surface area contributed by atoms with Crippen LogP contribution in [0.2, 0.25) is 0 Å². The first-order valence-electron chi connectivity index (χ1n) is 8.93. The lowest BCUT2D eigenvalue weighted by Gasteiger charge is -2.12. The normalized spacial score (nSPS) is 11.0. The van der Waals surface area contributed by atoms with E-state index in [-0.39, 0.29) is 0 Å². The van der Waals surface area contributed by atoms with Gasteiger partial charge in [0.15, 0.2) is 0 Å². The summed E-state index contributed by atoms with van der Waals surface area (Å²) in [5, 5.41) is 0. The van der Waals surface area contributed by atoms with Crippen LogP contribution in [0.15, 0.2) is 72.8 Å². The molecule has 130 valence electrons. The van der Waals surface area contributed by atoms with E-state index in [1.54, 1.807) is 0 Å². The zero-order chi connectivity index (χ0) is 17.9. The molecule has 3 heteroatoms. The van der Waals surface area contributed by atoms with Crippen LogP contribution in [0.4, 0.5) is 0 Å². The predicted molar refractivity (Wildman–Crippen MR) is 107 cm³/mol.